The maximum Gasteiger partial charge on any atom is 0.262 e. The number of hydrogen-bond acceptors (Lipinski definition) is 2. The molecule has 0 radical (unpaired) electrons. The molecule has 5 heteroatoms. The Morgan fingerprint density at radius 1 is 1.59 bits per heavy atom. The summed E-state index contributed by atoms with van der Waals surface area (Å²) in [6.07, 6.45) is 3.38. The molecule has 1 amide bonds. The van der Waals surface area contributed by atoms with Crippen molar-refractivity contribution in [1.29, 1.82) is 0 Å². The van der Waals surface area contributed by atoms with Crippen LogP contribution in [0.2, 0.25) is 5.02 Å². The average molecular weight is 339 g/mol. The zero-order chi connectivity index (χ0) is 12.7. The van der Waals surface area contributed by atoms with Crippen molar-refractivity contribution in [3.8, 4) is 0 Å². The lowest BCUT2D eigenvalue weighted by molar-refractivity contribution is 0.0950. The van der Waals surface area contributed by atoms with E-state index in [0.29, 0.717) is 15.8 Å². The van der Waals surface area contributed by atoms with Crippen molar-refractivity contribution in [3.05, 3.63) is 21.3 Å². The van der Waals surface area contributed by atoms with E-state index in [2.05, 4.69) is 28.2 Å². The zero-order valence-electron chi connectivity index (χ0n) is 9.84. The van der Waals surface area contributed by atoms with Crippen LogP contribution < -0.4 is 5.32 Å². The number of thiophene rings is 1. The molecular formula is C12H17BrClNOS. The first-order chi connectivity index (χ1) is 8.19. The predicted octanol–water partition coefficient (Wildman–Crippen LogP) is 4.33. The summed E-state index contributed by atoms with van der Waals surface area (Å²) in [5.74, 6) is 0.489. The number of alkyl halides is 1. The lowest BCUT2D eigenvalue weighted by Gasteiger charge is -2.15. The second kappa shape index (κ2) is 8.11. The molecule has 1 aromatic heterocycles. The maximum absolute atomic E-state index is 11.8. The van der Waals surface area contributed by atoms with Gasteiger partial charge in [-0.1, -0.05) is 40.9 Å². The summed E-state index contributed by atoms with van der Waals surface area (Å²) < 4.78 is 0. The Morgan fingerprint density at radius 3 is 2.88 bits per heavy atom. The average Bonchev–Trinajstić information content (AvgIpc) is 2.72. The fourth-order valence-corrected chi connectivity index (χ4v) is 3.39. The van der Waals surface area contributed by atoms with Crippen LogP contribution in [0.5, 0.6) is 0 Å². The number of carbonyl (C=O) groups excluding carboxylic acids is 1. The summed E-state index contributed by atoms with van der Waals surface area (Å²) in [6, 6.07) is 1.75. The fraction of sp³-hybridized carbons (Fsp3) is 0.583. The summed E-state index contributed by atoms with van der Waals surface area (Å²) >= 11 is 10.7. The lowest BCUT2D eigenvalue weighted by atomic mass is 10.0. The smallest absolute Gasteiger partial charge is 0.262 e. The van der Waals surface area contributed by atoms with E-state index in [0.717, 1.165) is 31.1 Å². The molecule has 17 heavy (non-hydrogen) atoms. The second-order valence-corrected chi connectivity index (χ2v) is 6.06. The standard InChI is InChI=1S/C12H17BrClNOS/c1-2-3-9(4-6-13)8-15-12(16)11-10(14)5-7-17-11/h5,7,9H,2-4,6,8H2,1H3,(H,15,16). The molecule has 0 aliphatic heterocycles. The molecule has 0 saturated heterocycles. The number of halogens is 2. The topological polar surface area (TPSA) is 29.1 Å². The largest absolute Gasteiger partial charge is 0.351 e. The molecule has 0 aliphatic rings. The van der Waals surface area contributed by atoms with Crippen molar-refractivity contribution in [2.75, 3.05) is 11.9 Å². The van der Waals surface area contributed by atoms with E-state index in [9.17, 15) is 4.79 Å². The van der Waals surface area contributed by atoms with E-state index >= 15 is 0 Å². The van der Waals surface area contributed by atoms with E-state index in [-0.39, 0.29) is 5.91 Å². The van der Waals surface area contributed by atoms with Crippen LogP contribution in [0.15, 0.2) is 11.4 Å². The highest BCUT2D eigenvalue weighted by Gasteiger charge is 2.13. The molecule has 96 valence electrons. The normalized spacial score (nSPS) is 12.4. The van der Waals surface area contributed by atoms with Crippen LogP contribution >= 0.6 is 38.9 Å². The van der Waals surface area contributed by atoms with E-state index in [1.807, 2.05) is 5.38 Å². The molecular weight excluding hydrogens is 322 g/mol. The Kier molecular flexibility index (Phi) is 7.16. The van der Waals surface area contributed by atoms with E-state index in [4.69, 9.17) is 11.6 Å². The molecule has 1 unspecified atom stereocenters. The van der Waals surface area contributed by atoms with Gasteiger partial charge >= 0.3 is 0 Å². The SMILES string of the molecule is CCCC(CCBr)CNC(=O)c1sccc1Cl. The lowest BCUT2D eigenvalue weighted by Crippen LogP contribution is -2.29. The van der Waals surface area contributed by atoms with Crippen LogP contribution in [0.1, 0.15) is 35.9 Å². The third-order valence-electron chi connectivity index (χ3n) is 2.59. The maximum atomic E-state index is 11.8. The highest BCUT2D eigenvalue weighted by molar-refractivity contribution is 9.09. The molecule has 2 nitrogen and oxygen atoms in total. The van der Waals surface area contributed by atoms with Crippen LogP contribution in [-0.4, -0.2) is 17.8 Å². The van der Waals surface area contributed by atoms with Gasteiger partial charge in [0.05, 0.1) is 5.02 Å². The molecule has 0 saturated carbocycles. The highest BCUT2D eigenvalue weighted by Crippen LogP contribution is 2.21. The Labute approximate surface area is 120 Å². The number of amides is 1. The molecule has 0 aromatic carbocycles. The van der Waals surface area contributed by atoms with Crippen molar-refractivity contribution in [3.63, 3.8) is 0 Å². The third kappa shape index (κ3) is 4.98. The quantitative estimate of drug-likeness (QED) is 0.737. The minimum Gasteiger partial charge on any atom is -0.351 e. The summed E-state index contributed by atoms with van der Waals surface area (Å²) in [6.45, 7) is 2.89. The van der Waals surface area contributed by atoms with Gasteiger partial charge in [-0.05, 0) is 30.2 Å². The number of rotatable bonds is 7. The number of nitrogens with one attached hydrogen (secondary N) is 1. The van der Waals surface area contributed by atoms with E-state index in [1.54, 1.807) is 6.07 Å². The van der Waals surface area contributed by atoms with Gasteiger partial charge in [0.25, 0.3) is 5.91 Å². The van der Waals surface area contributed by atoms with Gasteiger partial charge in [-0.2, -0.15) is 0 Å². The van der Waals surface area contributed by atoms with Crippen molar-refractivity contribution in [2.24, 2.45) is 5.92 Å². The van der Waals surface area contributed by atoms with E-state index < -0.39 is 0 Å². The van der Waals surface area contributed by atoms with Crippen molar-refractivity contribution in [2.45, 2.75) is 26.2 Å². The summed E-state index contributed by atoms with van der Waals surface area (Å²) in [5.41, 5.74) is 0. The summed E-state index contributed by atoms with van der Waals surface area (Å²) in [4.78, 5) is 12.5. The predicted molar refractivity (Wildman–Crippen MR) is 78.5 cm³/mol. The van der Waals surface area contributed by atoms with Gasteiger partial charge in [0.15, 0.2) is 0 Å². The Bertz CT molecular complexity index is 350. The number of carbonyl (C=O) groups is 1. The third-order valence-corrected chi connectivity index (χ3v) is 4.39. The molecule has 1 aromatic rings. The van der Waals surface area contributed by atoms with Gasteiger partial charge in [-0.25, -0.2) is 0 Å². The summed E-state index contributed by atoms with van der Waals surface area (Å²) in [7, 11) is 0. The van der Waals surface area contributed by atoms with Crippen LogP contribution in [-0.2, 0) is 0 Å². The van der Waals surface area contributed by atoms with Crippen LogP contribution in [0, 0.1) is 5.92 Å². The van der Waals surface area contributed by atoms with E-state index in [1.165, 1.54) is 11.3 Å². The molecule has 1 N–H and O–H groups in total. The molecule has 1 rings (SSSR count). The first kappa shape index (κ1) is 15.0. The van der Waals surface area contributed by atoms with Gasteiger partial charge < -0.3 is 5.32 Å². The van der Waals surface area contributed by atoms with Gasteiger partial charge in [0.2, 0.25) is 0 Å². The highest BCUT2D eigenvalue weighted by atomic mass is 79.9. The Balaban J connectivity index is 2.43. The molecule has 0 fully saturated rings. The van der Waals surface area contributed by atoms with Crippen molar-refractivity contribution in [1.82, 2.24) is 5.32 Å². The first-order valence-electron chi connectivity index (χ1n) is 5.76. The van der Waals surface area contributed by atoms with Crippen molar-refractivity contribution >= 4 is 44.8 Å². The molecule has 1 atom stereocenters. The van der Waals surface area contributed by atoms with Crippen LogP contribution in [0.25, 0.3) is 0 Å². The van der Waals surface area contributed by atoms with Gasteiger partial charge in [-0.15, -0.1) is 11.3 Å². The second-order valence-electron chi connectivity index (χ2n) is 3.94. The minimum atomic E-state index is -0.0549. The molecule has 0 spiro atoms. The molecule has 0 bridgehead atoms. The van der Waals surface area contributed by atoms with Crippen molar-refractivity contribution < 1.29 is 4.79 Å². The molecule has 0 aliphatic carbocycles. The van der Waals surface area contributed by atoms with Gasteiger partial charge in [0, 0.05) is 11.9 Å². The zero-order valence-corrected chi connectivity index (χ0v) is 13.0. The van der Waals surface area contributed by atoms with Crippen LogP contribution in [0.3, 0.4) is 0 Å². The first-order valence-corrected chi connectivity index (χ1v) is 8.14. The molecule has 1 heterocycles. The fourth-order valence-electron chi connectivity index (χ4n) is 1.68. The summed E-state index contributed by atoms with van der Waals surface area (Å²) in [5, 5.41) is 6.32. The Morgan fingerprint density at radius 2 is 2.35 bits per heavy atom. The number of hydrogen-bond donors (Lipinski definition) is 1. The Hall–Kier alpha value is -0.0600. The minimum absolute atomic E-state index is 0.0549. The van der Waals surface area contributed by atoms with Gasteiger partial charge in [0.1, 0.15) is 4.88 Å². The van der Waals surface area contributed by atoms with Crippen LogP contribution in [0.4, 0.5) is 0 Å². The van der Waals surface area contributed by atoms with Gasteiger partial charge in [-0.3, -0.25) is 4.79 Å². The monoisotopic (exact) mass is 337 g/mol.